The summed E-state index contributed by atoms with van der Waals surface area (Å²) in [6, 6.07) is 7.11. The summed E-state index contributed by atoms with van der Waals surface area (Å²) in [6.45, 7) is 12.7. The van der Waals surface area contributed by atoms with Crippen molar-refractivity contribution in [3.63, 3.8) is 0 Å². The van der Waals surface area contributed by atoms with Crippen LogP contribution in [0.25, 0.3) is 0 Å². The van der Waals surface area contributed by atoms with Crippen molar-refractivity contribution in [3.8, 4) is 0 Å². The zero-order valence-electron chi connectivity index (χ0n) is 16.6. The quantitative estimate of drug-likeness (QED) is 0.793. The second kappa shape index (κ2) is 8.58. The number of nitrogens with zero attached hydrogens (tertiary/aromatic N) is 5. The molecule has 0 saturated carbocycles. The van der Waals surface area contributed by atoms with Gasteiger partial charge in [0.15, 0.2) is 0 Å². The third-order valence-electron chi connectivity index (χ3n) is 5.11. The average Bonchev–Trinajstić information content (AvgIpc) is 2.61. The summed E-state index contributed by atoms with van der Waals surface area (Å²) in [4.78, 5) is 18.4. The highest BCUT2D eigenvalue weighted by molar-refractivity contribution is 5.40. The number of hydrogen-bond acceptors (Lipinski definition) is 5. The lowest BCUT2D eigenvalue weighted by molar-refractivity contribution is 0.160. The summed E-state index contributed by atoms with van der Waals surface area (Å²) in [6.07, 6.45) is 5.49. The van der Waals surface area contributed by atoms with E-state index in [0.717, 1.165) is 49.2 Å². The van der Waals surface area contributed by atoms with Crippen molar-refractivity contribution in [2.75, 3.05) is 24.5 Å². The van der Waals surface area contributed by atoms with Crippen molar-refractivity contribution in [1.29, 1.82) is 0 Å². The van der Waals surface area contributed by atoms with Crippen molar-refractivity contribution >= 4 is 5.82 Å². The molecule has 2 aromatic heterocycles. The van der Waals surface area contributed by atoms with Gasteiger partial charge < -0.3 is 4.90 Å². The highest BCUT2D eigenvalue weighted by Gasteiger charge is 2.25. The van der Waals surface area contributed by atoms with Gasteiger partial charge in [0, 0.05) is 49.3 Å². The van der Waals surface area contributed by atoms with Crippen molar-refractivity contribution in [2.45, 2.75) is 59.5 Å². The fourth-order valence-corrected chi connectivity index (χ4v) is 3.93. The van der Waals surface area contributed by atoms with E-state index in [1.807, 2.05) is 20.0 Å². The fraction of sp³-hybridized carbons (Fsp3) is 0.571. The number of piperidine rings is 1. The molecule has 0 radical (unpaired) electrons. The number of rotatable bonds is 6. The SMILES string of the molecule is CCCN(Cc1ccnc(C)c1)C1CCN(c2cc(C)nc(C)n2)CC1. The van der Waals surface area contributed by atoms with Crippen LogP contribution in [-0.4, -0.2) is 45.5 Å². The van der Waals surface area contributed by atoms with Crippen LogP contribution in [0.5, 0.6) is 0 Å². The van der Waals surface area contributed by atoms with E-state index in [9.17, 15) is 0 Å². The Morgan fingerprint density at radius 1 is 1.08 bits per heavy atom. The Bertz CT molecular complexity index is 702. The van der Waals surface area contributed by atoms with Gasteiger partial charge in [-0.05, 0) is 64.3 Å². The van der Waals surface area contributed by atoms with Gasteiger partial charge in [-0.25, -0.2) is 9.97 Å². The predicted molar refractivity (Wildman–Crippen MR) is 106 cm³/mol. The summed E-state index contributed by atoms with van der Waals surface area (Å²) < 4.78 is 0. The van der Waals surface area contributed by atoms with Gasteiger partial charge >= 0.3 is 0 Å². The maximum Gasteiger partial charge on any atom is 0.132 e. The minimum absolute atomic E-state index is 0.642. The Kier molecular flexibility index (Phi) is 6.20. The van der Waals surface area contributed by atoms with Crippen LogP contribution in [0, 0.1) is 20.8 Å². The number of aryl methyl sites for hydroxylation is 3. The molecule has 0 N–H and O–H groups in total. The molecule has 3 heterocycles. The third kappa shape index (κ3) is 4.79. The highest BCUT2D eigenvalue weighted by Crippen LogP contribution is 2.23. The molecule has 0 aliphatic carbocycles. The molecule has 5 nitrogen and oxygen atoms in total. The number of pyridine rings is 1. The molecular formula is C21H31N5. The molecular weight excluding hydrogens is 322 g/mol. The molecule has 1 saturated heterocycles. The van der Waals surface area contributed by atoms with Crippen LogP contribution >= 0.6 is 0 Å². The molecule has 0 amide bonds. The number of hydrogen-bond donors (Lipinski definition) is 0. The fourth-order valence-electron chi connectivity index (χ4n) is 3.93. The second-order valence-corrected chi connectivity index (χ2v) is 7.41. The monoisotopic (exact) mass is 353 g/mol. The smallest absolute Gasteiger partial charge is 0.132 e. The van der Waals surface area contributed by atoms with Gasteiger partial charge in [-0.2, -0.15) is 0 Å². The van der Waals surface area contributed by atoms with Gasteiger partial charge in [0.25, 0.3) is 0 Å². The van der Waals surface area contributed by atoms with Gasteiger partial charge in [-0.3, -0.25) is 9.88 Å². The first kappa shape index (κ1) is 18.8. The Hall–Kier alpha value is -2.01. The van der Waals surface area contributed by atoms with Crippen molar-refractivity contribution in [3.05, 3.63) is 47.2 Å². The lowest BCUT2D eigenvalue weighted by Crippen LogP contribution is -2.45. The van der Waals surface area contributed by atoms with E-state index in [1.54, 1.807) is 0 Å². The largest absolute Gasteiger partial charge is 0.356 e. The van der Waals surface area contributed by atoms with Crippen molar-refractivity contribution < 1.29 is 0 Å². The normalized spacial score (nSPS) is 15.7. The molecule has 1 aliphatic rings. The molecule has 3 rings (SSSR count). The van der Waals surface area contributed by atoms with E-state index >= 15 is 0 Å². The van der Waals surface area contributed by atoms with Gasteiger partial charge in [0.2, 0.25) is 0 Å². The standard InChI is InChI=1S/C21H31N5/c1-5-10-26(15-19-6-9-22-16(2)13-19)20-7-11-25(12-8-20)21-14-17(3)23-18(4)24-21/h6,9,13-14,20H,5,7-8,10-12,15H2,1-4H3. The maximum atomic E-state index is 4.64. The summed E-state index contributed by atoms with van der Waals surface area (Å²) in [5, 5.41) is 0. The van der Waals surface area contributed by atoms with E-state index in [2.05, 4.69) is 56.8 Å². The maximum absolute atomic E-state index is 4.64. The first-order valence-electron chi connectivity index (χ1n) is 9.78. The molecule has 0 unspecified atom stereocenters. The lowest BCUT2D eigenvalue weighted by Gasteiger charge is -2.39. The zero-order chi connectivity index (χ0) is 18.5. The molecule has 26 heavy (non-hydrogen) atoms. The topological polar surface area (TPSA) is 45.2 Å². The van der Waals surface area contributed by atoms with E-state index in [1.165, 1.54) is 24.8 Å². The minimum Gasteiger partial charge on any atom is -0.356 e. The van der Waals surface area contributed by atoms with E-state index < -0.39 is 0 Å². The van der Waals surface area contributed by atoms with Gasteiger partial charge in [0.1, 0.15) is 11.6 Å². The van der Waals surface area contributed by atoms with Gasteiger partial charge in [0.05, 0.1) is 0 Å². The van der Waals surface area contributed by atoms with Crippen LogP contribution < -0.4 is 4.90 Å². The van der Waals surface area contributed by atoms with Crippen LogP contribution in [0.15, 0.2) is 24.4 Å². The molecule has 140 valence electrons. The molecule has 0 atom stereocenters. The minimum atomic E-state index is 0.642. The lowest BCUT2D eigenvalue weighted by atomic mass is 10.0. The molecule has 5 heteroatoms. The summed E-state index contributed by atoms with van der Waals surface area (Å²) in [5.41, 5.74) is 3.52. The van der Waals surface area contributed by atoms with Gasteiger partial charge in [-0.15, -0.1) is 0 Å². The highest BCUT2D eigenvalue weighted by atomic mass is 15.2. The Labute approximate surface area is 157 Å². The number of aromatic nitrogens is 3. The second-order valence-electron chi connectivity index (χ2n) is 7.41. The molecule has 0 bridgehead atoms. The molecule has 1 fully saturated rings. The van der Waals surface area contributed by atoms with Crippen LogP contribution in [0.4, 0.5) is 5.82 Å². The van der Waals surface area contributed by atoms with Crippen LogP contribution in [-0.2, 0) is 6.54 Å². The molecule has 0 spiro atoms. The first-order valence-corrected chi connectivity index (χ1v) is 9.78. The van der Waals surface area contributed by atoms with Crippen molar-refractivity contribution in [1.82, 2.24) is 19.9 Å². The first-order chi connectivity index (χ1) is 12.5. The van der Waals surface area contributed by atoms with Crippen LogP contribution in [0.3, 0.4) is 0 Å². The van der Waals surface area contributed by atoms with E-state index in [4.69, 9.17) is 0 Å². The summed E-state index contributed by atoms with van der Waals surface area (Å²) in [7, 11) is 0. The molecule has 2 aromatic rings. The Morgan fingerprint density at radius 3 is 2.50 bits per heavy atom. The Balaban J connectivity index is 1.64. The van der Waals surface area contributed by atoms with E-state index in [-0.39, 0.29) is 0 Å². The van der Waals surface area contributed by atoms with E-state index in [0.29, 0.717) is 6.04 Å². The molecule has 1 aliphatic heterocycles. The third-order valence-corrected chi connectivity index (χ3v) is 5.11. The number of anilines is 1. The average molecular weight is 354 g/mol. The van der Waals surface area contributed by atoms with Crippen LogP contribution in [0.1, 0.15) is 49.0 Å². The zero-order valence-corrected chi connectivity index (χ0v) is 16.6. The predicted octanol–water partition coefficient (Wildman–Crippen LogP) is 3.68. The van der Waals surface area contributed by atoms with Crippen molar-refractivity contribution in [2.24, 2.45) is 0 Å². The summed E-state index contributed by atoms with van der Waals surface area (Å²) in [5.74, 6) is 1.95. The molecule has 0 aromatic carbocycles. The summed E-state index contributed by atoms with van der Waals surface area (Å²) >= 11 is 0. The van der Waals surface area contributed by atoms with Gasteiger partial charge in [-0.1, -0.05) is 6.92 Å². The Morgan fingerprint density at radius 2 is 1.85 bits per heavy atom. The van der Waals surface area contributed by atoms with Crippen LogP contribution in [0.2, 0.25) is 0 Å².